The van der Waals surface area contributed by atoms with Gasteiger partial charge in [0.2, 0.25) is 11.8 Å². The van der Waals surface area contributed by atoms with Gasteiger partial charge in [-0.05, 0) is 48.7 Å². The van der Waals surface area contributed by atoms with Crippen molar-refractivity contribution in [2.45, 2.75) is 19.3 Å². The van der Waals surface area contributed by atoms with Gasteiger partial charge in [0.15, 0.2) is 0 Å². The third kappa shape index (κ3) is 5.75. The summed E-state index contributed by atoms with van der Waals surface area (Å²) in [4.78, 5) is 29.6. The maximum atomic E-state index is 13.1. The first-order valence-electron chi connectivity index (χ1n) is 10.9. The molecule has 2 amide bonds. The van der Waals surface area contributed by atoms with Gasteiger partial charge in [-0.15, -0.1) is 0 Å². The highest BCUT2D eigenvalue weighted by molar-refractivity contribution is 7.99. The van der Waals surface area contributed by atoms with Gasteiger partial charge in [0.05, 0.1) is 23.0 Å². The van der Waals surface area contributed by atoms with Crippen LogP contribution >= 0.6 is 23.4 Å². The lowest BCUT2D eigenvalue weighted by atomic mass is 9.96. The number of hydrogen-bond acceptors (Lipinski definition) is 4. The molecule has 0 spiro atoms. The van der Waals surface area contributed by atoms with Gasteiger partial charge in [-0.25, -0.2) is 4.39 Å². The van der Waals surface area contributed by atoms with Crippen LogP contribution in [0.5, 0.6) is 0 Å². The van der Waals surface area contributed by atoms with Crippen molar-refractivity contribution in [3.63, 3.8) is 0 Å². The molecule has 2 heterocycles. The molecule has 8 heteroatoms. The minimum Gasteiger partial charge on any atom is -0.369 e. The molecule has 32 heavy (non-hydrogen) atoms. The predicted octanol–water partition coefficient (Wildman–Crippen LogP) is 4.45. The van der Waals surface area contributed by atoms with Crippen molar-refractivity contribution in [1.29, 1.82) is 0 Å². The second kappa shape index (κ2) is 10.6. The van der Waals surface area contributed by atoms with Gasteiger partial charge in [0.1, 0.15) is 5.82 Å². The average Bonchev–Trinajstić information content (AvgIpc) is 2.81. The fourth-order valence-electron chi connectivity index (χ4n) is 4.20. The molecule has 0 aromatic heterocycles. The number of amides is 2. The predicted molar refractivity (Wildman–Crippen MR) is 129 cm³/mol. The van der Waals surface area contributed by atoms with Crippen LogP contribution in [0.2, 0.25) is 5.02 Å². The molecule has 2 saturated heterocycles. The summed E-state index contributed by atoms with van der Waals surface area (Å²) in [5.41, 5.74) is 2.44. The summed E-state index contributed by atoms with van der Waals surface area (Å²) in [6.07, 6.45) is 1.73. The second-order valence-corrected chi connectivity index (χ2v) is 9.87. The molecule has 2 aliphatic heterocycles. The summed E-state index contributed by atoms with van der Waals surface area (Å²) < 4.78 is 13.1. The molecule has 2 fully saturated rings. The Morgan fingerprint density at radius 3 is 2.56 bits per heavy atom. The van der Waals surface area contributed by atoms with E-state index in [1.165, 1.54) is 12.1 Å². The molecule has 4 rings (SSSR count). The Kier molecular flexibility index (Phi) is 7.58. The lowest BCUT2D eigenvalue weighted by Crippen LogP contribution is -2.44. The van der Waals surface area contributed by atoms with E-state index in [9.17, 15) is 14.0 Å². The molecule has 0 saturated carbocycles. The molecule has 0 aliphatic carbocycles. The number of piperidine rings is 1. The summed E-state index contributed by atoms with van der Waals surface area (Å²) in [5.74, 6) is 1.46. The number of halogens is 2. The Hall–Kier alpha value is -2.25. The SMILES string of the molecule is O=C(Nc1ccc(N2CCSCC2)c(Cl)c1)C1CCCN(C(=O)Cc2ccc(F)cc2)C1. The van der Waals surface area contributed by atoms with E-state index in [1.54, 1.807) is 23.1 Å². The molecule has 0 radical (unpaired) electrons. The van der Waals surface area contributed by atoms with Crippen molar-refractivity contribution >= 4 is 46.6 Å². The Bertz CT molecular complexity index is 966. The van der Waals surface area contributed by atoms with E-state index in [-0.39, 0.29) is 30.0 Å². The first kappa shape index (κ1) is 22.9. The van der Waals surface area contributed by atoms with Crippen LogP contribution in [0.3, 0.4) is 0 Å². The Morgan fingerprint density at radius 2 is 1.84 bits per heavy atom. The molecule has 2 aliphatic rings. The van der Waals surface area contributed by atoms with Gasteiger partial charge in [-0.2, -0.15) is 11.8 Å². The average molecular weight is 476 g/mol. The summed E-state index contributed by atoms with van der Waals surface area (Å²) in [7, 11) is 0. The second-order valence-electron chi connectivity index (χ2n) is 8.24. The van der Waals surface area contributed by atoms with E-state index in [2.05, 4.69) is 10.2 Å². The van der Waals surface area contributed by atoms with Gasteiger partial charge >= 0.3 is 0 Å². The van der Waals surface area contributed by atoms with E-state index in [1.807, 2.05) is 23.9 Å². The highest BCUT2D eigenvalue weighted by Crippen LogP contribution is 2.31. The van der Waals surface area contributed by atoms with E-state index < -0.39 is 0 Å². The van der Waals surface area contributed by atoms with Crippen LogP contribution in [0, 0.1) is 11.7 Å². The van der Waals surface area contributed by atoms with Crippen LogP contribution in [0.4, 0.5) is 15.8 Å². The van der Waals surface area contributed by atoms with Crippen molar-refractivity contribution in [2.75, 3.05) is 47.9 Å². The van der Waals surface area contributed by atoms with E-state index in [0.29, 0.717) is 23.8 Å². The Balaban J connectivity index is 1.34. The molecule has 170 valence electrons. The lowest BCUT2D eigenvalue weighted by Gasteiger charge is -2.32. The Morgan fingerprint density at radius 1 is 1.09 bits per heavy atom. The zero-order valence-corrected chi connectivity index (χ0v) is 19.4. The number of benzene rings is 2. The van der Waals surface area contributed by atoms with Crippen molar-refractivity contribution in [3.8, 4) is 0 Å². The van der Waals surface area contributed by atoms with Gasteiger partial charge in [0, 0.05) is 43.4 Å². The van der Waals surface area contributed by atoms with Gasteiger partial charge in [-0.3, -0.25) is 9.59 Å². The molecular formula is C24H27ClFN3O2S. The van der Waals surface area contributed by atoms with E-state index in [4.69, 9.17) is 11.6 Å². The number of carbonyl (C=O) groups is 2. The maximum Gasteiger partial charge on any atom is 0.229 e. The zero-order valence-electron chi connectivity index (χ0n) is 17.9. The number of thioether (sulfide) groups is 1. The lowest BCUT2D eigenvalue weighted by molar-refractivity contribution is -0.133. The molecule has 5 nitrogen and oxygen atoms in total. The molecule has 2 aromatic rings. The number of nitrogens with one attached hydrogen (secondary N) is 1. The quantitative estimate of drug-likeness (QED) is 0.694. The minimum absolute atomic E-state index is 0.0406. The van der Waals surface area contributed by atoms with Gasteiger partial charge < -0.3 is 15.1 Å². The molecule has 1 unspecified atom stereocenters. The number of carbonyl (C=O) groups excluding carboxylic acids is 2. The largest absolute Gasteiger partial charge is 0.369 e. The third-order valence-corrected chi connectivity index (χ3v) is 7.23. The summed E-state index contributed by atoms with van der Waals surface area (Å²) in [6.45, 7) is 2.97. The number of rotatable bonds is 5. The van der Waals surface area contributed by atoms with Crippen molar-refractivity contribution < 1.29 is 14.0 Å². The molecule has 1 N–H and O–H groups in total. The van der Waals surface area contributed by atoms with Crippen molar-refractivity contribution in [1.82, 2.24) is 4.90 Å². The topological polar surface area (TPSA) is 52.7 Å². The van der Waals surface area contributed by atoms with Crippen LogP contribution in [0.1, 0.15) is 18.4 Å². The van der Waals surface area contributed by atoms with Crippen LogP contribution in [0.15, 0.2) is 42.5 Å². The maximum absolute atomic E-state index is 13.1. The Labute approximate surface area is 197 Å². The summed E-state index contributed by atoms with van der Waals surface area (Å²) in [6, 6.07) is 11.6. The number of anilines is 2. The van der Waals surface area contributed by atoms with Crippen molar-refractivity contribution in [3.05, 3.63) is 58.9 Å². The monoisotopic (exact) mass is 475 g/mol. The molecule has 2 aromatic carbocycles. The number of hydrogen-bond donors (Lipinski definition) is 1. The fourth-order valence-corrected chi connectivity index (χ4v) is 5.40. The zero-order chi connectivity index (χ0) is 22.5. The summed E-state index contributed by atoms with van der Waals surface area (Å²) >= 11 is 8.45. The van der Waals surface area contributed by atoms with E-state index >= 15 is 0 Å². The normalized spacial score (nSPS) is 19.0. The van der Waals surface area contributed by atoms with Crippen LogP contribution in [0.25, 0.3) is 0 Å². The molecule has 0 bridgehead atoms. The molecular weight excluding hydrogens is 449 g/mol. The van der Waals surface area contributed by atoms with Crippen LogP contribution in [-0.4, -0.2) is 54.4 Å². The number of likely N-dealkylation sites (tertiary alicyclic amines) is 1. The third-order valence-electron chi connectivity index (χ3n) is 5.98. The van der Waals surface area contributed by atoms with Crippen LogP contribution in [-0.2, 0) is 16.0 Å². The fraction of sp³-hybridized carbons (Fsp3) is 0.417. The first-order chi connectivity index (χ1) is 15.5. The first-order valence-corrected chi connectivity index (χ1v) is 12.5. The minimum atomic E-state index is -0.320. The van der Waals surface area contributed by atoms with Gasteiger partial charge in [0.25, 0.3) is 0 Å². The summed E-state index contributed by atoms with van der Waals surface area (Å²) in [5, 5.41) is 3.61. The standard InChI is InChI=1S/C24H27ClFN3O2S/c25-21-15-20(7-8-22(21)28-10-12-32-13-11-28)27-24(31)18-2-1-9-29(16-18)23(30)14-17-3-5-19(26)6-4-17/h3-8,15,18H,1-2,9-14,16H2,(H,27,31). The highest BCUT2D eigenvalue weighted by atomic mass is 35.5. The van der Waals surface area contributed by atoms with Crippen molar-refractivity contribution in [2.24, 2.45) is 5.92 Å². The van der Waals surface area contributed by atoms with E-state index in [0.717, 1.165) is 48.7 Å². The highest BCUT2D eigenvalue weighted by Gasteiger charge is 2.28. The van der Waals surface area contributed by atoms with Crippen LogP contribution < -0.4 is 10.2 Å². The van der Waals surface area contributed by atoms with Gasteiger partial charge in [-0.1, -0.05) is 23.7 Å². The number of nitrogens with zero attached hydrogens (tertiary/aromatic N) is 2. The molecule has 1 atom stereocenters. The smallest absolute Gasteiger partial charge is 0.229 e.